The Hall–Kier alpha value is -2.90. The molecule has 0 saturated carbocycles. The number of benzene rings is 2. The Balaban J connectivity index is 1.77. The quantitative estimate of drug-likeness (QED) is 0.773. The molecule has 1 atom stereocenters. The van der Waals surface area contributed by atoms with Crippen LogP contribution in [0.15, 0.2) is 48.5 Å². The molecule has 1 unspecified atom stereocenters. The van der Waals surface area contributed by atoms with Crippen LogP contribution in [0, 0.1) is 5.82 Å². The second-order valence-electron chi connectivity index (χ2n) is 7.18. The van der Waals surface area contributed by atoms with E-state index in [1.807, 2.05) is 0 Å². The first kappa shape index (κ1) is 20.8. The maximum atomic E-state index is 13.3. The molecule has 0 spiro atoms. The third-order valence-electron chi connectivity index (χ3n) is 5.21. The Bertz CT molecular complexity index is 915. The molecule has 0 aliphatic carbocycles. The van der Waals surface area contributed by atoms with E-state index in [1.54, 1.807) is 37.3 Å². The predicted octanol–water partition coefficient (Wildman–Crippen LogP) is 4.16. The molecular formula is C21H20F4N2O2. The number of carbonyl (C=O) groups is 2. The zero-order valence-corrected chi connectivity index (χ0v) is 15.7. The van der Waals surface area contributed by atoms with Crippen LogP contribution >= 0.6 is 0 Å². The molecule has 2 aromatic carbocycles. The third-order valence-corrected chi connectivity index (χ3v) is 5.21. The molecule has 0 aromatic heterocycles. The van der Waals surface area contributed by atoms with Gasteiger partial charge in [-0.05, 0) is 49.6 Å². The number of alkyl halides is 3. The number of hydrogen-bond acceptors (Lipinski definition) is 2. The minimum absolute atomic E-state index is 0.241. The van der Waals surface area contributed by atoms with Gasteiger partial charge in [0.15, 0.2) is 0 Å². The number of likely N-dealkylation sites (tertiary alicyclic amines) is 1. The fourth-order valence-corrected chi connectivity index (χ4v) is 3.59. The molecular weight excluding hydrogens is 388 g/mol. The van der Waals surface area contributed by atoms with Crippen molar-refractivity contribution < 1.29 is 27.2 Å². The molecule has 0 bridgehead atoms. The van der Waals surface area contributed by atoms with Crippen LogP contribution in [0.4, 0.5) is 17.6 Å². The van der Waals surface area contributed by atoms with Gasteiger partial charge in [0.05, 0.1) is 5.56 Å². The summed E-state index contributed by atoms with van der Waals surface area (Å²) in [5.74, 6) is -1.86. The van der Waals surface area contributed by atoms with E-state index in [4.69, 9.17) is 0 Å². The van der Waals surface area contributed by atoms with Gasteiger partial charge in [0.2, 0.25) is 5.91 Å². The molecule has 29 heavy (non-hydrogen) atoms. The van der Waals surface area contributed by atoms with Gasteiger partial charge in [-0.15, -0.1) is 0 Å². The monoisotopic (exact) mass is 408 g/mol. The molecule has 4 nitrogen and oxygen atoms in total. The van der Waals surface area contributed by atoms with Gasteiger partial charge < -0.3 is 10.2 Å². The van der Waals surface area contributed by atoms with E-state index in [-0.39, 0.29) is 11.5 Å². The highest BCUT2D eigenvalue weighted by Gasteiger charge is 2.46. The average molecular weight is 408 g/mol. The standard InChI is InChI=1S/C21H20F4N2O2/c1-20(10-5-11-27(20)18(28)14-6-3-2-4-7-14)19(29)26-13-15-8-9-16(22)12-17(15)21(23,24)25/h2-4,6-9,12H,5,10-11,13H2,1H3,(H,26,29). The minimum atomic E-state index is -4.74. The maximum Gasteiger partial charge on any atom is 0.416 e. The molecule has 1 aliphatic rings. The maximum absolute atomic E-state index is 13.3. The Morgan fingerprint density at radius 3 is 2.48 bits per heavy atom. The van der Waals surface area contributed by atoms with Crippen molar-refractivity contribution in [3.63, 3.8) is 0 Å². The summed E-state index contributed by atoms with van der Waals surface area (Å²) >= 11 is 0. The smallest absolute Gasteiger partial charge is 0.350 e. The van der Waals surface area contributed by atoms with Crippen molar-refractivity contribution >= 4 is 11.8 Å². The van der Waals surface area contributed by atoms with Crippen LogP contribution in [0.2, 0.25) is 0 Å². The molecule has 1 N–H and O–H groups in total. The van der Waals surface area contributed by atoms with Gasteiger partial charge in [0.25, 0.3) is 5.91 Å². The zero-order valence-electron chi connectivity index (χ0n) is 15.7. The lowest BCUT2D eigenvalue weighted by Crippen LogP contribution is -2.55. The summed E-state index contributed by atoms with van der Waals surface area (Å²) in [6.45, 7) is 1.56. The first-order chi connectivity index (χ1) is 13.6. The molecule has 1 heterocycles. The Morgan fingerprint density at radius 2 is 1.83 bits per heavy atom. The minimum Gasteiger partial charge on any atom is -0.350 e. The van der Waals surface area contributed by atoms with Crippen LogP contribution in [-0.2, 0) is 17.5 Å². The van der Waals surface area contributed by atoms with Crippen LogP contribution < -0.4 is 5.32 Å². The van der Waals surface area contributed by atoms with E-state index in [1.165, 1.54) is 4.90 Å². The number of rotatable bonds is 4. The van der Waals surface area contributed by atoms with Crippen LogP contribution in [0.25, 0.3) is 0 Å². The highest BCUT2D eigenvalue weighted by atomic mass is 19.4. The summed E-state index contributed by atoms with van der Waals surface area (Å²) in [7, 11) is 0. The summed E-state index contributed by atoms with van der Waals surface area (Å²) in [4.78, 5) is 27.1. The van der Waals surface area contributed by atoms with Gasteiger partial charge in [-0.1, -0.05) is 24.3 Å². The van der Waals surface area contributed by atoms with E-state index < -0.39 is 35.5 Å². The lowest BCUT2D eigenvalue weighted by Gasteiger charge is -2.34. The molecule has 1 aliphatic heterocycles. The topological polar surface area (TPSA) is 49.4 Å². The fourth-order valence-electron chi connectivity index (χ4n) is 3.59. The zero-order chi connectivity index (χ0) is 21.2. The number of halogens is 4. The molecule has 154 valence electrons. The number of hydrogen-bond donors (Lipinski definition) is 1. The Morgan fingerprint density at radius 1 is 1.14 bits per heavy atom. The SMILES string of the molecule is CC1(C(=O)NCc2ccc(F)cc2C(F)(F)F)CCCN1C(=O)c1ccccc1. The molecule has 1 saturated heterocycles. The van der Waals surface area contributed by atoms with Gasteiger partial charge in [-0.25, -0.2) is 4.39 Å². The highest BCUT2D eigenvalue weighted by molar-refractivity contribution is 5.99. The molecule has 1 fully saturated rings. The number of carbonyl (C=O) groups excluding carboxylic acids is 2. The average Bonchev–Trinajstić information content (AvgIpc) is 3.09. The van der Waals surface area contributed by atoms with Crippen LogP contribution in [0.1, 0.15) is 41.3 Å². The van der Waals surface area contributed by atoms with Crippen molar-refractivity contribution in [2.75, 3.05) is 6.54 Å². The van der Waals surface area contributed by atoms with Crippen molar-refractivity contribution in [2.45, 2.75) is 38.0 Å². The van der Waals surface area contributed by atoms with Crippen molar-refractivity contribution in [1.82, 2.24) is 10.2 Å². The van der Waals surface area contributed by atoms with Gasteiger partial charge in [0.1, 0.15) is 11.4 Å². The van der Waals surface area contributed by atoms with Crippen molar-refractivity contribution in [3.05, 3.63) is 71.0 Å². The van der Waals surface area contributed by atoms with E-state index >= 15 is 0 Å². The van der Waals surface area contributed by atoms with Crippen molar-refractivity contribution in [3.8, 4) is 0 Å². The number of nitrogens with zero attached hydrogens (tertiary/aromatic N) is 1. The van der Waals surface area contributed by atoms with Crippen molar-refractivity contribution in [2.24, 2.45) is 0 Å². The summed E-state index contributed by atoms with van der Waals surface area (Å²) in [6, 6.07) is 10.8. The van der Waals surface area contributed by atoms with E-state index in [0.29, 0.717) is 31.0 Å². The third kappa shape index (κ3) is 4.26. The fraction of sp³-hybridized carbons (Fsp3) is 0.333. The molecule has 0 radical (unpaired) electrons. The number of nitrogens with one attached hydrogen (secondary N) is 1. The summed E-state index contributed by atoms with van der Waals surface area (Å²) in [5.41, 5.74) is -2.11. The lowest BCUT2D eigenvalue weighted by molar-refractivity contribution is -0.139. The Kier molecular flexibility index (Phi) is 5.64. The Labute approximate surface area is 165 Å². The molecule has 2 amide bonds. The summed E-state index contributed by atoms with van der Waals surface area (Å²) in [5, 5.41) is 2.49. The normalized spacial score (nSPS) is 19.3. The van der Waals surface area contributed by atoms with E-state index in [0.717, 1.165) is 12.1 Å². The van der Waals surface area contributed by atoms with Gasteiger partial charge in [-0.3, -0.25) is 9.59 Å². The first-order valence-electron chi connectivity index (χ1n) is 9.14. The van der Waals surface area contributed by atoms with Gasteiger partial charge in [-0.2, -0.15) is 13.2 Å². The van der Waals surface area contributed by atoms with Gasteiger partial charge >= 0.3 is 6.18 Å². The van der Waals surface area contributed by atoms with Crippen LogP contribution in [0.3, 0.4) is 0 Å². The highest BCUT2D eigenvalue weighted by Crippen LogP contribution is 2.34. The summed E-state index contributed by atoms with van der Waals surface area (Å²) in [6.07, 6.45) is -3.74. The predicted molar refractivity (Wildman–Crippen MR) is 98.4 cm³/mol. The van der Waals surface area contributed by atoms with E-state index in [9.17, 15) is 27.2 Å². The van der Waals surface area contributed by atoms with Crippen molar-refractivity contribution in [1.29, 1.82) is 0 Å². The largest absolute Gasteiger partial charge is 0.416 e. The molecule has 8 heteroatoms. The second kappa shape index (κ2) is 7.85. The molecule has 3 rings (SSSR count). The van der Waals surface area contributed by atoms with Crippen LogP contribution in [-0.4, -0.2) is 28.8 Å². The van der Waals surface area contributed by atoms with Crippen LogP contribution in [0.5, 0.6) is 0 Å². The summed E-state index contributed by atoms with van der Waals surface area (Å²) < 4.78 is 52.7. The van der Waals surface area contributed by atoms with Gasteiger partial charge in [0, 0.05) is 18.7 Å². The molecule has 2 aromatic rings. The first-order valence-corrected chi connectivity index (χ1v) is 9.14. The number of amides is 2. The second-order valence-corrected chi connectivity index (χ2v) is 7.18. The lowest BCUT2D eigenvalue weighted by atomic mass is 9.96. The van der Waals surface area contributed by atoms with E-state index in [2.05, 4.69) is 5.32 Å².